The van der Waals surface area contributed by atoms with Crippen LogP contribution in [-0.2, 0) is 0 Å². The van der Waals surface area contributed by atoms with Gasteiger partial charge in [-0.3, -0.25) is 4.79 Å². The molecule has 1 aromatic heterocycles. The van der Waals surface area contributed by atoms with Crippen molar-refractivity contribution in [2.45, 2.75) is 6.43 Å². The molecule has 0 aromatic carbocycles. The standard InChI is InChI=1S/C6H5F2N3O3/c7-5(8)3-4(12)2(9)1-10-6(3)11(13)14/h1,5H,9H2,(H,10,12). The molecular formula is C6H5F2N3O3. The lowest BCUT2D eigenvalue weighted by Crippen LogP contribution is -2.17. The molecule has 0 aliphatic rings. The Morgan fingerprint density at radius 1 is 1.57 bits per heavy atom. The van der Waals surface area contributed by atoms with E-state index in [9.17, 15) is 23.7 Å². The van der Waals surface area contributed by atoms with E-state index >= 15 is 0 Å². The fourth-order valence-electron chi connectivity index (χ4n) is 0.906. The Morgan fingerprint density at radius 3 is 2.57 bits per heavy atom. The van der Waals surface area contributed by atoms with Crippen molar-refractivity contribution in [3.05, 3.63) is 32.1 Å². The zero-order valence-corrected chi connectivity index (χ0v) is 6.66. The lowest BCUT2D eigenvalue weighted by molar-refractivity contribution is -0.391. The molecule has 1 rings (SSSR count). The summed E-state index contributed by atoms with van der Waals surface area (Å²) in [7, 11) is 0. The van der Waals surface area contributed by atoms with E-state index in [4.69, 9.17) is 5.73 Å². The van der Waals surface area contributed by atoms with Gasteiger partial charge in [0, 0.05) is 0 Å². The second-order valence-corrected chi connectivity index (χ2v) is 2.39. The Morgan fingerprint density at radius 2 is 2.14 bits per heavy atom. The molecule has 0 aliphatic heterocycles. The number of rotatable bonds is 2. The highest BCUT2D eigenvalue weighted by Crippen LogP contribution is 2.23. The number of hydrogen-bond donors (Lipinski definition) is 2. The van der Waals surface area contributed by atoms with Crippen LogP contribution in [-0.4, -0.2) is 9.91 Å². The third-order valence-electron chi connectivity index (χ3n) is 1.53. The van der Waals surface area contributed by atoms with Crippen LogP contribution in [0.1, 0.15) is 12.0 Å². The van der Waals surface area contributed by atoms with E-state index < -0.39 is 33.8 Å². The summed E-state index contributed by atoms with van der Waals surface area (Å²) in [6.45, 7) is 0. The van der Waals surface area contributed by atoms with E-state index in [0.717, 1.165) is 6.20 Å². The highest BCUT2D eigenvalue weighted by atomic mass is 19.3. The average molecular weight is 205 g/mol. The second kappa shape index (κ2) is 3.40. The smallest absolute Gasteiger partial charge is 0.333 e. The number of hydrogen-bond acceptors (Lipinski definition) is 4. The van der Waals surface area contributed by atoms with Crippen molar-refractivity contribution in [2.75, 3.05) is 5.73 Å². The molecular weight excluding hydrogens is 200 g/mol. The van der Waals surface area contributed by atoms with Crippen molar-refractivity contribution in [2.24, 2.45) is 0 Å². The number of H-pyrrole nitrogens is 1. The van der Waals surface area contributed by atoms with Crippen molar-refractivity contribution >= 4 is 11.5 Å². The summed E-state index contributed by atoms with van der Waals surface area (Å²) in [5, 5.41) is 10.3. The van der Waals surface area contributed by atoms with Gasteiger partial charge in [0.1, 0.15) is 11.9 Å². The third-order valence-corrected chi connectivity index (χ3v) is 1.53. The lowest BCUT2D eigenvalue weighted by Gasteiger charge is -2.02. The fourth-order valence-corrected chi connectivity index (χ4v) is 0.906. The molecule has 0 unspecified atom stereocenters. The van der Waals surface area contributed by atoms with Crippen molar-refractivity contribution in [1.29, 1.82) is 0 Å². The normalized spacial score (nSPS) is 10.5. The van der Waals surface area contributed by atoms with Gasteiger partial charge < -0.3 is 15.8 Å². The van der Waals surface area contributed by atoms with Crippen LogP contribution in [0, 0.1) is 10.1 Å². The van der Waals surface area contributed by atoms with Crippen LogP contribution in [0.5, 0.6) is 0 Å². The van der Waals surface area contributed by atoms with E-state index in [-0.39, 0.29) is 0 Å². The summed E-state index contributed by atoms with van der Waals surface area (Å²) in [5.74, 6) is -1.03. The Labute approximate surface area is 75.5 Å². The molecule has 0 amide bonds. The maximum Gasteiger partial charge on any atom is 0.333 e. The number of aromatic amines is 1. The summed E-state index contributed by atoms with van der Waals surface area (Å²) in [6, 6.07) is 0. The average Bonchev–Trinajstić information content (AvgIpc) is 2.08. The Balaban J connectivity index is 3.54. The van der Waals surface area contributed by atoms with Crippen LogP contribution < -0.4 is 11.2 Å². The van der Waals surface area contributed by atoms with E-state index in [2.05, 4.69) is 0 Å². The molecule has 0 fully saturated rings. The number of pyridine rings is 1. The number of nitrogens with two attached hydrogens (primary N) is 1. The van der Waals surface area contributed by atoms with Crippen molar-refractivity contribution in [3.8, 4) is 0 Å². The molecule has 8 heteroatoms. The van der Waals surface area contributed by atoms with Crippen molar-refractivity contribution in [1.82, 2.24) is 4.98 Å². The zero-order chi connectivity index (χ0) is 10.9. The predicted octanol–water partition coefficient (Wildman–Crippen LogP) is 0.803. The maximum absolute atomic E-state index is 12.2. The SMILES string of the molecule is Nc1c[nH]c([N+](=O)[O-])c(C(F)F)c1=O. The quantitative estimate of drug-likeness (QED) is 0.550. The van der Waals surface area contributed by atoms with Gasteiger partial charge >= 0.3 is 5.82 Å². The number of halogens is 2. The summed E-state index contributed by atoms with van der Waals surface area (Å²) >= 11 is 0. The molecule has 0 saturated heterocycles. The number of nitrogens with one attached hydrogen (secondary N) is 1. The van der Waals surface area contributed by atoms with Crippen molar-refractivity contribution in [3.63, 3.8) is 0 Å². The molecule has 1 aromatic rings. The van der Waals surface area contributed by atoms with Crippen LogP contribution in [0.15, 0.2) is 11.0 Å². The zero-order valence-electron chi connectivity index (χ0n) is 6.66. The fraction of sp³-hybridized carbons (Fsp3) is 0.167. The number of alkyl halides is 2. The van der Waals surface area contributed by atoms with Crippen LogP contribution >= 0.6 is 0 Å². The molecule has 1 heterocycles. The first-order chi connectivity index (χ1) is 6.45. The van der Waals surface area contributed by atoms with Gasteiger partial charge in [0.25, 0.3) is 6.43 Å². The minimum atomic E-state index is -3.23. The van der Waals surface area contributed by atoms with Crippen LogP contribution in [0.25, 0.3) is 0 Å². The Bertz CT molecular complexity index is 429. The molecule has 6 nitrogen and oxygen atoms in total. The summed E-state index contributed by atoms with van der Waals surface area (Å²) in [4.78, 5) is 22.1. The molecule has 0 saturated carbocycles. The molecule has 0 aliphatic carbocycles. The lowest BCUT2D eigenvalue weighted by atomic mass is 10.2. The Kier molecular flexibility index (Phi) is 2.45. The third kappa shape index (κ3) is 1.53. The monoisotopic (exact) mass is 205 g/mol. The van der Waals surface area contributed by atoms with Gasteiger partial charge in [0.2, 0.25) is 5.43 Å². The first-order valence-corrected chi connectivity index (χ1v) is 3.38. The molecule has 3 N–H and O–H groups in total. The van der Waals surface area contributed by atoms with Gasteiger partial charge in [-0.25, -0.2) is 13.8 Å². The Hall–Kier alpha value is -1.99. The minimum absolute atomic E-state index is 0.481. The van der Waals surface area contributed by atoms with Crippen molar-refractivity contribution < 1.29 is 13.7 Å². The second-order valence-electron chi connectivity index (χ2n) is 2.39. The molecule has 0 radical (unpaired) electrons. The van der Waals surface area contributed by atoms with Gasteiger partial charge in [-0.1, -0.05) is 0 Å². The summed E-state index contributed by atoms with van der Waals surface area (Å²) in [5.41, 5.74) is 2.12. The van der Waals surface area contributed by atoms with Crippen LogP contribution in [0.2, 0.25) is 0 Å². The molecule has 14 heavy (non-hydrogen) atoms. The van der Waals surface area contributed by atoms with Crippen LogP contribution in [0.4, 0.5) is 20.3 Å². The van der Waals surface area contributed by atoms with Crippen LogP contribution in [0.3, 0.4) is 0 Å². The largest absolute Gasteiger partial charge is 0.393 e. The van der Waals surface area contributed by atoms with E-state index in [1.54, 1.807) is 0 Å². The van der Waals surface area contributed by atoms with Gasteiger partial charge in [0.05, 0.1) is 0 Å². The van der Waals surface area contributed by atoms with Gasteiger partial charge in [0.15, 0.2) is 5.56 Å². The molecule has 0 bridgehead atoms. The minimum Gasteiger partial charge on any atom is -0.393 e. The summed E-state index contributed by atoms with van der Waals surface area (Å²) in [6.07, 6.45) is -2.42. The topological polar surface area (TPSA) is 102 Å². The number of nitrogens with zero attached hydrogens (tertiary/aromatic N) is 1. The van der Waals surface area contributed by atoms with E-state index in [1.807, 2.05) is 4.98 Å². The van der Waals surface area contributed by atoms with Gasteiger partial charge in [-0.15, -0.1) is 0 Å². The first kappa shape index (κ1) is 10.1. The van der Waals surface area contributed by atoms with Gasteiger partial charge in [-0.05, 0) is 4.92 Å². The molecule has 0 spiro atoms. The number of nitrogen functional groups attached to an aromatic ring is 1. The van der Waals surface area contributed by atoms with Gasteiger partial charge in [-0.2, -0.15) is 0 Å². The summed E-state index contributed by atoms with van der Waals surface area (Å²) < 4.78 is 24.5. The number of nitro groups is 1. The highest BCUT2D eigenvalue weighted by molar-refractivity contribution is 5.45. The molecule has 0 atom stereocenters. The first-order valence-electron chi connectivity index (χ1n) is 3.38. The number of anilines is 1. The molecule has 76 valence electrons. The number of aromatic nitrogens is 1. The maximum atomic E-state index is 12.2. The van der Waals surface area contributed by atoms with E-state index in [1.165, 1.54) is 0 Å². The van der Waals surface area contributed by atoms with E-state index in [0.29, 0.717) is 0 Å². The predicted molar refractivity (Wildman–Crippen MR) is 43.1 cm³/mol. The highest BCUT2D eigenvalue weighted by Gasteiger charge is 2.26.